The van der Waals surface area contributed by atoms with Gasteiger partial charge in [-0.05, 0) is 24.3 Å². The van der Waals surface area contributed by atoms with Crippen molar-refractivity contribution in [3.8, 4) is 5.75 Å². The minimum absolute atomic E-state index is 0.156. The van der Waals surface area contributed by atoms with Crippen molar-refractivity contribution in [1.82, 2.24) is 0 Å². The van der Waals surface area contributed by atoms with Crippen LogP contribution in [0.5, 0.6) is 5.75 Å². The summed E-state index contributed by atoms with van der Waals surface area (Å²) in [5, 5.41) is 0.443. The highest BCUT2D eigenvalue weighted by Gasteiger charge is 2.25. The molecule has 3 rings (SSSR count). The minimum atomic E-state index is -1.12. The first-order chi connectivity index (χ1) is 9.65. The molecular weight excluding hydrogens is 294 g/mol. The van der Waals surface area contributed by atoms with Crippen LogP contribution < -0.4 is 10.5 Å². The summed E-state index contributed by atoms with van der Waals surface area (Å²) in [6.45, 7) is 0.577. The van der Waals surface area contributed by atoms with Gasteiger partial charge in [0.05, 0.1) is 28.1 Å². The molecule has 0 aliphatic carbocycles. The van der Waals surface area contributed by atoms with E-state index in [1.54, 1.807) is 18.2 Å². The summed E-state index contributed by atoms with van der Waals surface area (Å²) < 4.78 is 18.0. The van der Waals surface area contributed by atoms with Gasteiger partial charge in [0.1, 0.15) is 5.75 Å². The molecule has 1 heterocycles. The Hall–Kier alpha value is -1.52. The van der Waals surface area contributed by atoms with E-state index in [1.807, 2.05) is 24.3 Å². The molecule has 5 heteroatoms. The van der Waals surface area contributed by atoms with Crippen LogP contribution in [0, 0.1) is 0 Å². The molecular formula is C15H14ClNO2S. The van der Waals surface area contributed by atoms with E-state index in [1.165, 1.54) is 0 Å². The molecule has 0 spiro atoms. The Balaban J connectivity index is 1.79. The number of halogens is 1. The molecule has 0 saturated heterocycles. The highest BCUT2D eigenvalue weighted by Crippen LogP contribution is 2.34. The van der Waals surface area contributed by atoms with Gasteiger partial charge in [-0.1, -0.05) is 29.8 Å². The van der Waals surface area contributed by atoms with E-state index in [0.29, 0.717) is 28.0 Å². The fourth-order valence-electron chi connectivity index (χ4n) is 2.30. The van der Waals surface area contributed by atoms with Crippen LogP contribution in [0.3, 0.4) is 0 Å². The van der Waals surface area contributed by atoms with Crippen LogP contribution >= 0.6 is 11.6 Å². The normalized spacial score (nSPS) is 18.4. The lowest BCUT2D eigenvalue weighted by Crippen LogP contribution is -2.11. The molecule has 2 aromatic carbocycles. The zero-order valence-corrected chi connectivity index (χ0v) is 12.3. The average Bonchev–Trinajstić information content (AvgIpc) is 2.85. The van der Waals surface area contributed by atoms with E-state index >= 15 is 0 Å². The van der Waals surface area contributed by atoms with Gasteiger partial charge in [-0.15, -0.1) is 0 Å². The zero-order valence-electron chi connectivity index (χ0n) is 10.7. The predicted octanol–water partition coefficient (Wildman–Crippen LogP) is 3.21. The number of ether oxygens (including phenoxy) is 1. The van der Waals surface area contributed by atoms with Crippen LogP contribution in [0.2, 0.25) is 5.02 Å². The summed E-state index contributed by atoms with van der Waals surface area (Å²) in [5.74, 6) is 1.57. The Kier molecular flexibility index (Phi) is 3.68. The van der Waals surface area contributed by atoms with E-state index in [-0.39, 0.29) is 5.92 Å². The number of para-hydroxylation sites is 1. The van der Waals surface area contributed by atoms with Crippen LogP contribution in [-0.2, 0) is 10.8 Å². The van der Waals surface area contributed by atoms with E-state index in [0.717, 1.165) is 11.3 Å². The van der Waals surface area contributed by atoms with Crippen molar-refractivity contribution in [2.45, 2.75) is 10.8 Å². The lowest BCUT2D eigenvalue weighted by atomic mass is 10.0. The van der Waals surface area contributed by atoms with Crippen molar-refractivity contribution in [1.29, 1.82) is 0 Å². The Labute approximate surface area is 125 Å². The number of fused-ring (bicyclic) bond motifs is 1. The van der Waals surface area contributed by atoms with Crippen LogP contribution in [-0.4, -0.2) is 16.6 Å². The summed E-state index contributed by atoms with van der Waals surface area (Å²) >= 11 is 5.97. The van der Waals surface area contributed by atoms with Gasteiger partial charge in [0, 0.05) is 22.1 Å². The summed E-state index contributed by atoms with van der Waals surface area (Å²) in [6.07, 6.45) is 0. The molecule has 0 saturated carbocycles. The number of hydrogen-bond acceptors (Lipinski definition) is 3. The third kappa shape index (κ3) is 2.53. The SMILES string of the molecule is Nc1ccc(S(=O)CC2COc3ccccc32)cc1Cl. The van der Waals surface area contributed by atoms with Gasteiger partial charge in [0.15, 0.2) is 0 Å². The zero-order chi connectivity index (χ0) is 14.1. The highest BCUT2D eigenvalue weighted by molar-refractivity contribution is 7.85. The van der Waals surface area contributed by atoms with Gasteiger partial charge in [0.25, 0.3) is 0 Å². The van der Waals surface area contributed by atoms with Crippen molar-refractivity contribution < 1.29 is 8.95 Å². The number of benzene rings is 2. The van der Waals surface area contributed by atoms with Crippen LogP contribution in [0.1, 0.15) is 11.5 Å². The molecule has 20 heavy (non-hydrogen) atoms. The molecule has 2 aromatic rings. The Morgan fingerprint density at radius 2 is 2.10 bits per heavy atom. The molecule has 0 fully saturated rings. The largest absolute Gasteiger partial charge is 0.493 e. The maximum atomic E-state index is 12.4. The molecule has 0 bridgehead atoms. The summed E-state index contributed by atoms with van der Waals surface area (Å²) in [7, 11) is -1.12. The van der Waals surface area contributed by atoms with E-state index in [9.17, 15) is 4.21 Å². The van der Waals surface area contributed by atoms with E-state index in [2.05, 4.69) is 0 Å². The predicted molar refractivity (Wildman–Crippen MR) is 81.8 cm³/mol. The van der Waals surface area contributed by atoms with Gasteiger partial charge < -0.3 is 10.5 Å². The van der Waals surface area contributed by atoms with Gasteiger partial charge in [0.2, 0.25) is 0 Å². The second-order valence-electron chi connectivity index (χ2n) is 4.74. The van der Waals surface area contributed by atoms with Crippen LogP contribution in [0.4, 0.5) is 5.69 Å². The lowest BCUT2D eigenvalue weighted by Gasteiger charge is -2.09. The molecule has 0 amide bonds. The van der Waals surface area contributed by atoms with Crippen molar-refractivity contribution >= 4 is 28.1 Å². The maximum Gasteiger partial charge on any atom is 0.122 e. The molecule has 3 nitrogen and oxygen atoms in total. The van der Waals surface area contributed by atoms with Crippen molar-refractivity contribution in [2.24, 2.45) is 0 Å². The first-order valence-electron chi connectivity index (χ1n) is 6.30. The first kappa shape index (κ1) is 13.5. The summed E-state index contributed by atoms with van der Waals surface area (Å²) in [6, 6.07) is 13.0. The molecule has 2 N–H and O–H groups in total. The molecule has 2 atom stereocenters. The molecule has 0 radical (unpaired) electrons. The summed E-state index contributed by atoms with van der Waals surface area (Å²) in [5.41, 5.74) is 7.29. The average molecular weight is 308 g/mol. The molecule has 1 aliphatic heterocycles. The molecule has 1 aliphatic rings. The fraction of sp³-hybridized carbons (Fsp3) is 0.200. The number of rotatable bonds is 3. The van der Waals surface area contributed by atoms with Crippen molar-refractivity contribution in [3.05, 3.63) is 53.1 Å². The van der Waals surface area contributed by atoms with Gasteiger partial charge >= 0.3 is 0 Å². The number of nitrogen functional groups attached to an aromatic ring is 1. The monoisotopic (exact) mass is 307 g/mol. The molecule has 104 valence electrons. The van der Waals surface area contributed by atoms with E-state index in [4.69, 9.17) is 22.1 Å². The Morgan fingerprint density at radius 3 is 2.90 bits per heavy atom. The topological polar surface area (TPSA) is 52.3 Å². The minimum Gasteiger partial charge on any atom is -0.493 e. The number of anilines is 1. The highest BCUT2D eigenvalue weighted by atomic mass is 35.5. The number of nitrogens with two attached hydrogens (primary N) is 1. The van der Waals surface area contributed by atoms with Gasteiger partial charge in [-0.3, -0.25) is 4.21 Å². The first-order valence-corrected chi connectivity index (χ1v) is 8.00. The lowest BCUT2D eigenvalue weighted by molar-refractivity contribution is 0.338. The van der Waals surface area contributed by atoms with Crippen LogP contribution in [0.15, 0.2) is 47.4 Å². The quantitative estimate of drug-likeness (QED) is 0.886. The maximum absolute atomic E-state index is 12.4. The Bertz CT molecular complexity index is 675. The fourth-order valence-corrected chi connectivity index (χ4v) is 3.84. The Morgan fingerprint density at radius 1 is 1.30 bits per heavy atom. The standard InChI is InChI=1S/C15H14ClNO2S/c16-13-7-11(5-6-14(13)17)20(18)9-10-8-19-15-4-2-1-3-12(10)15/h1-7,10H,8-9,17H2. The third-order valence-corrected chi connectivity index (χ3v) is 5.20. The third-order valence-electron chi connectivity index (χ3n) is 3.39. The second kappa shape index (κ2) is 5.46. The second-order valence-corrected chi connectivity index (χ2v) is 6.64. The van der Waals surface area contributed by atoms with Gasteiger partial charge in [-0.2, -0.15) is 0 Å². The smallest absolute Gasteiger partial charge is 0.122 e. The summed E-state index contributed by atoms with van der Waals surface area (Å²) in [4.78, 5) is 0.702. The molecule has 0 aromatic heterocycles. The van der Waals surface area contributed by atoms with Crippen molar-refractivity contribution in [2.75, 3.05) is 18.1 Å². The van der Waals surface area contributed by atoms with Gasteiger partial charge in [-0.25, -0.2) is 0 Å². The van der Waals surface area contributed by atoms with Crippen LogP contribution in [0.25, 0.3) is 0 Å². The molecule has 2 unspecified atom stereocenters. The number of hydrogen-bond donors (Lipinski definition) is 1. The van der Waals surface area contributed by atoms with Crippen molar-refractivity contribution in [3.63, 3.8) is 0 Å². The van der Waals surface area contributed by atoms with E-state index < -0.39 is 10.8 Å².